The van der Waals surface area contributed by atoms with E-state index in [0.29, 0.717) is 12.0 Å². The third-order valence-corrected chi connectivity index (χ3v) is 5.35. The average molecular weight is 463 g/mol. The molecule has 0 radical (unpaired) electrons. The number of nitrogens with two attached hydrogens (primary N) is 1. The number of ketones is 2. The summed E-state index contributed by atoms with van der Waals surface area (Å²) >= 11 is 0. The quantitative estimate of drug-likeness (QED) is 0.400. The summed E-state index contributed by atoms with van der Waals surface area (Å²) in [6.45, 7) is 3.14. The molecular formula is C25H25N3O6. The lowest BCUT2D eigenvalue weighted by atomic mass is 9.98. The number of aryl methyl sites for hydroxylation is 1. The maximum absolute atomic E-state index is 12.9. The molecule has 2 aromatic carbocycles. The van der Waals surface area contributed by atoms with E-state index in [4.69, 9.17) is 10.5 Å². The number of Topliss-reactive ketones (excluding diaryl/α,β-unsaturated/α-hetero) is 1. The third kappa shape index (κ3) is 4.73. The van der Waals surface area contributed by atoms with Gasteiger partial charge in [-0.1, -0.05) is 55.0 Å². The molecule has 0 amide bonds. The number of hydrogen-bond donors (Lipinski definition) is 1. The van der Waals surface area contributed by atoms with Crippen LogP contribution in [0.1, 0.15) is 55.5 Å². The van der Waals surface area contributed by atoms with Crippen LogP contribution < -0.4 is 17.0 Å². The first-order valence-electron chi connectivity index (χ1n) is 10.7. The van der Waals surface area contributed by atoms with Crippen LogP contribution in [0.25, 0.3) is 0 Å². The van der Waals surface area contributed by atoms with Crippen LogP contribution in [0.5, 0.6) is 0 Å². The fourth-order valence-electron chi connectivity index (χ4n) is 3.49. The second kappa shape index (κ2) is 10.1. The van der Waals surface area contributed by atoms with Gasteiger partial charge in [0.25, 0.3) is 5.56 Å². The number of carbonyl (C=O) groups excluding carboxylic acids is 3. The van der Waals surface area contributed by atoms with Crippen molar-refractivity contribution in [3.8, 4) is 0 Å². The van der Waals surface area contributed by atoms with Crippen molar-refractivity contribution in [1.82, 2.24) is 9.13 Å². The number of esters is 1. The molecule has 2 N–H and O–H groups in total. The smallest absolute Gasteiger partial charge is 0.339 e. The lowest BCUT2D eigenvalue weighted by Crippen LogP contribution is -2.43. The van der Waals surface area contributed by atoms with E-state index in [1.807, 2.05) is 13.8 Å². The van der Waals surface area contributed by atoms with Gasteiger partial charge in [0, 0.05) is 24.7 Å². The molecule has 9 heteroatoms. The Balaban J connectivity index is 1.86. The van der Waals surface area contributed by atoms with Gasteiger partial charge in [-0.25, -0.2) is 9.59 Å². The molecule has 0 fully saturated rings. The number of anilines is 1. The van der Waals surface area contributed by atoms with Gasteiger partial charge in [0.05, 0.1) is 5.56 Å². The van der Waals surface area contributed by atoms with E-state index in [9.17, 15) is 24.0 Å². The zero-order chi connectivity index (χ0) is 25.0. The normalized spacial score (nSPS) is 10.7. The summed E-state index contributed by atoms with van der Waals surface area (Å²) in [6, 6.07) is 13.0. The maximum Gasteiger partial charge on any atom is 0.339 e. The molecule has 0 saturated carbocycles. The van der Waals surface area contributed by atoms with E-state index in [1.54, 1.807) is 36.4 Å². The van der Waals surface area contributed by atoms with E-state index in [-0.39, 0.29) is 29.3 Å². The Morgan fingerprint density at radius 3 is 2.21 bits per heavy atom. The highest BCUT2D eigenvalue weighted by Gasteiger charge is 2.24. The molecule has 0 aliphatic carbocycles. The van der Waals surface area contributed by atoms with Crippen molar-refractivity contribution < 1.29 is 19.1 Å². The summed E-state index contributed by atoms with van der Waals surface area (Å²) in [5, 5.41) is 0. The number of nitrogens with zero attached hydrogens (tertiary/aromatic N) is 2. The van der Waals surface area contributed by atoms with Gasteiger partial charge >= 0.3 is 11.7 Å². The monoisotopic (exact) mass is 463 g/mol. The number of aromatic nitrogens is 2. The molecule has 1 heterocycles. The Hall–Kier alpha value is -4.27. The minimum Gasteiger partial charge on any atom is -0.454 e. The van der Waals surface area contributed by atoms with Crippen molar-refractivity contribution in [3.05, 3.63) is 97.2 Å². The second-order valence-corrected chi connectivity index (χ2v) is 7.80. The van der Waals surface area contributed by atoms with Gasteiger partial charge in [-0.05, 0) is 19.4 Å². The number of nitrogen functional groups attached to an aromatic ring is 1. The zero-order valence-corrected chi connectivity index (χ0v) is 19.2. The van der Waals surface area contributed by atoms with Gasteiger partial charge < -0.3 is 10.5 Å². The Labute approximate surface area is 195 Å². The number of benzene rings is 2. The molecule has 0 aliphatic rings. The predicted octanol–water partition coefficient (Wildman–Crippen LogP) is 2.12. The van der Waals surface area contributed by atoms with Crippen LogP contribution in [-0.4, -0.2) is 33.3 Å². The third-order valence-electron chi connectivity index (χ3n) is 5.35. The van der Waals surface area contributed by atoms with Crippen molar-refractivity contribution in [1.29, 1.82) is 0 Å². The lowest BCUT2D eigenvalue weighted by Gasteiger charge is -2.14. The first-order valence-corrected chi connectivity index (χ1v) is 10.7. The molecule has 1 aromatic heterocycles. The van der Waals surface area contributed by atoms with Crippen LogP contribution in [-0.2, 0) is 18.3 Å². The SMILES string of the molecule is CCCn1c(N)c(C(=O)COC(=O)c2ccccc2C(=O)c2ccc(C)cc2)c(=O)n(C)c1=O. The van der Waals surface area contributed by atoms with E-state index < -0.39 is 35.2 Å². The molecule has 0 bridgehead atoms. The Kier molecular flexibility index (Phi) is 7.25. The number of hydrogen-bond acceptors (Lipinski definition) is 7. The van der Waals surface area contributed by atoms with Gasteiger partial charge in [0.15, 0.2) is 12.4 Å². The van der Waals surface area contributed by atoms with Gasteiger partial charge in [-0.2, -0.15) is 0 Å². The summed E-state index contributed by atoms with van der Waals surface area (Å²) < 4.78 is 7.06. The molecule has 176 valence electrons. The fraction of sp³-hybridized carbons (Fsp3) is 0.240. The van der Waals surface area contributed by atoms with Crippen molar-refractivity contribution in [2.75, 3.05) is 12.3 Å². The maximum atomic E-state index is 12.9. The van der Waals surface area contributed by atoms with Crippen molar-refractivity contribution in [3.63, 3.8) is 0 Å². The molecule has 0 spiro atoms. The van der Waals surface area contributed by atoms with Gasteiger partial charge in [-0.3, -0.25) is 23.5 Å². The van der Waals surface area contributed by atoms with Gasteiger partial charge in [0.2, 0.25) is 5.78 Å². The summed E-state index contributed by atoms with van der Waals surface area (Å²) in [5.74, 6) is -2.39. The molecule has 0 atom stereocenters. The highest BCUT2D eigenvalue weighted by molar-refractivity contribution is 6.14. The number of rotatable bonds is 8. The van der Waals surface area contributed by atoms with E-state index >= 15 is 0 Å². The summed E-state index contributed by atoms with van der Waals surface area (Å²) in [6.07, 6.45) is 0.552. The van der Waals surface area contributed by atoms with Crippen LogP contribution in [0.3, 0.4) is 0 Å². The van der Waals surface area contributed by atoms with Crippen LogP contribution in [0.15, 0.2) is 58.1 Å². The fourth-order valence-corrected chi connectivity index (χ4v) is 3.49. The minimum absolute atomic E-state index is 0.0160. The van der Waals surface area contributed by atoms with Crippen molar-refractivity contribution in [2.45, 2.75) is 26.8 Å². The molecule has 9 nitrogen and oxygen atoms in total. The Morgan fingerprint density at radius 2 is 1.59 bits per heavy atom. The zero-order valence-electron chi connectivity index (χ0n) is 19.2. The molecule has 3 aromatic rings. The summed E-state index contributed by atoms with van der Waals surface area (Å²) in [7, 11) is 1.24. The van der Waals surface area contributed by atoms with Gasteiger partial charge in [0.1, 0.15) is 11.4 Å². The van der Waals surface area contributed by atoms with Crippen molar-refractivity contribution in [2.24, 2.45) is 7.05 Å². The molecule has 3 rings (SSSR count). The molecule has 0 saturated heterocycles. The van der Waals surface area contributed by atoms with Crippen LogP contribution in [0, 0.1) is 6.92 Å². The topological polar surface area (TPSA) is 130 Å². The Bertz CT molecular complexity index is 1380. The highest BCUT2D eigenvalue weighted by atomic mass is 16.5. The summed E-state index contributed by atoms with van der Waals surface area (Å²) in [5.41, 5.74) is 5.50. The first kappa shape index (κ1) is 24.4. The van der Waals surface area contributed by atoms with Crippen molar-refractivity contribution >= 4 is 23.4 Å². The standard InChI is InChI=1S/C25H25N3O6/c1-4-13-28-22(26)20(23(31)27(3)25(28)33)19(29)14-34-24(32)18-8-6-5-7-17(18)21(30)16-11-9-15(2)10-12-16/h5-12H,4,13-14,26H2,1-3H3. The first-order chi connectivity index (χ1) is 16.2. The van der Waals surface area contributed by atoms with Gasteiger partial charge in [-0.15, -0.1) is 0 Å². The van der Waals surface area contributed by atoms with Crippen LogP contribution in [0.2, 0.25) is 0 Å². The van der Waals surface area contributed by atoms with Crippen LogP contribution in [0.4, 0.5) is 5.82 Å². The predicted molar refractivity (Wildman–Crippen MR) is 126 cm³/mol. The number of carbonyl (C=O) groups is 3. The van der Waals surface area contributed by atoms with Crippen LogP contribution >= 0.6 is 0 Å². The van der Waals surface area contributed by atoms with E-state index in [2.05, 4.69) is 0 Å². The van der Waals surface area contributed by atoms with E-state index in [0.717, 1.165) is 14.7 Å². The molecular weight excluding hydrogens is 438 g/mol. The Morgan fingerprint density at radius 1 is 0.971 bits per heavy atom. The highest BCUT2D eigenvalue weighted by Crippen LogP contribution is 2.17. The number of ether oxygens (including phenoxy) is 1. The minimum atomic E-state index is -0.901. The average Bonchev–Trinajstić information content (AvgIpc) is 2.84. The molecule has 34 heavy (non-hydrogen) atoms. The molecule has 0 aliphatic heterocycles. The second-order valence-electron chi connectivity index (χ2n) is 7.80. The summed E-state index contributed by atoms with van der Waals surface area (Å²) in [4.78, 5) is 63.2. The molecule has 0 unspecified atom stereocenters. The lowest BCUT2D eigenvalue weighted by molar-refractivity contribution is 0.0472. The van der Waals surface area contributed by atoms with E-state index in [1.165, 1.54) is 19.2 Å². The largest absolute Gasteiger partial charge is 0.454 e.